The zero-order chi connectivity index (χ0) is 19.0. The normalized spacial score (nSPS) is 22.2. The summed E-state index contributed by atoms with van der Waals surface area (Å²) in [7, 11) is 0. The molecule has 0 aliphatic heterocycles. The first-order valence-corrected chi connectivity index (χ1v) is 10.3. The van der Waals surface area contributed by atoms with Gasteiger partial charge in [-0.3, -0.25) is 9.59 Å². The quantitative estimate of drug-likeness (QED) is 0.574. The molecule has 0 saturated heterocycles. The molecular formula is C24H25ClO2. The molecule has 140 valence electrons. The average molecular weight is 381 g/mol. The summed E-state index contributed by atoms with van der Waals surface area (Å²) in [5.41, 5.74) is 3.57. The molecule has 2 fully saturated rings. The largest absolute Gasteiger partial charge is 0.298 e. The topological polar surface area (TPSA) is 34.1 Å². The Kier molecular flexibility index (Phi) is 4.94. The predicted molar refractivity (Wildman–Crippen MR) is 109 cm³/mol. The number of benzene rings is 2. The molecule has 0 N–H and O–H groups in total. The maximum absolute atomic E-state index is 13.5. The van der Waals surface area contributed by atoms with E-state index < -0.39 is 11.3 Å². The first kappa shape index (κ1) is 18.4. The van der Waals surface area contributed by atoms with Gasteiger partial charge in [-0.25, -0.2) is 0 Å². The van der Waals surface area contributed by atoms with Crippen LogP contribution in [0.5, 0.6) is 0 Å². The Balaban J connectivity index is 1.72. The van der Waals surface area contributed by atoms with Gasteiger partial charge in [0.25, 0.3) is 0 Å². The number of hydrogen-bond acceptors (Lipinski definition) is 2. The second-order valence-electron chi connectivity index (χ2n) is 8.21. The minimum Gasteiger partial charge on any atom is -0.298 e. The number of Topliss-reactive ketones (excluding diaryl/α,β-unsaturated/α-hetero) is 2. The van der Waals surface area contributed by atoms with Gasteiger partial charge in [0.15, 0.2) is 5.78 Å². The van der Waals surface area contributed by atoms with Crippen molar-refractivity contribution in [3.63, 3.8) is 0 Å². The first-order chi connectivity index (χ1) is 13.0. The molecule has 1 atom stereocenters. The van der Waals surface area contributed by atoms with Crippen LogP contribution in [0, 0.1) is 12.3 Å². The highest BCUT2D eigenvalue weighted by atomic mass is 35.5. The zero-order valence-corrected chi connectivity index (χ0v) is 16.5. The maximum atomic E-state index is 13.5. The van der Waals surface area contributed by atoms with Crippen molar-refractivity contribution in [2.24, 2.45) is 5.41 Å². The summed E-state index contributed by atoms with van der Waals surface area (Å²) in [5, 5.41) is 0.697. The van der Waals surface area contributed by atoms with Gasteiger partial charge in [-0.15, -0.1) is 0 Å². The molecule has 0 radical (unpaired) electrons. The Morgan fingerprint density at radius 3 is 2.19 bits per heavy atom. The van der Waals surface area contributed by atoms with Crippen LogP contribution in [0.2, 0.25) is 5.02 Å². The molecule has 0 aromatic heterocycles. The Hall–Kier alpha value is -1.93. The molecule has 2 nitrogen and oxygen atoms in total. The standard InChI is InChI=1S/C24H25ClO2/c1-16-6-7-18(17-8-10-19(25)11-9-17)14-20(16)22-21(26)15-24(23(22)27)12-4-2-3-5-13-24/h6-11,14,22H,2-5,12-13,15H2,1H3. The number of halogens is 1. The lowest BCUT2D eigenvalue weighted by molar-refractivity contribution is -0.128. The fourth-order valence-electron chi connectivity index (χ4n) is 4.89. The molecule has 1 spiro atoms. The van der Waals surface area contributed by atoms with E-state index in [4.69, 9.17) is 11.6 Å². The summed E-state index contributed by atoms with van der Waals surface area (Å²) in [5.74, 6) is -0.306. The molecular weight excluding hydrogens is 356 g/mol. The highest BCUT2D eigenvalue weighted by Crippen LogP contribution is 2.49. The number of carbonyl (C=O) groups is 2. The summed E-state index contributed by atoms with van der Waals surface area (Å²) in [4.78, 5) is 26.4. The lowest BCUT2D eigenvalue weighted by atomic mass is 9.76. The van der Waals surface area contributed by atoms with Gasteiger partial charge in [-0.2, -0.15) is 0 Å². The predicted octanol–water partition coefficient (Wildman–Crippen LogP) is 6.28. The van der Waals surface area contributed by atoms with E-state index >= 15 is 0 Å². The molecule has 0 heterocycles. The number of rotatable bonds is 2. The highest BCUT2D eigenvalue weighted by molar-refractivity contribution is 6.30. The van der Waals surface area contributed by atoms with E-state index in [0.717, 1.165) is 47.9 Å². The molecule has 0 amide bonds. The minimum atomic E-state index is -0.588. The lowest BCUT2D eigenvalue weighted by Gasteiger charge is -2.25. The molecule has 4 rings (SSSR count). The van der Waals surface area contributed by atoms with Crippen LogP contribution in [0.3, 0.4) is 0 Å². The summed E-state index contributed by atoms with van der Waals surface area (Å²) in [6.45, 7) is 2.00. The van der Waals surface area contributed by atoms with Crippen molar-refractivity contribution in [1.82, 2.24) is 0 Å². The SMILES string of the molecule is Cc1ccc(-c2ccc(Cl)cc2)cc1C1C(=O)CC2(CCCCCC2)C1=O. The average Bonchev–Trinajstić information content (AvgIpc) is 2.81. The van der Waals surface area contributed by atoms with Gasteiger partial charge in [0.2, 0.25) is 0 Å². The van der Waals surface area contributed by atoms with Crippen molar-refractivity contribution in [1.29, 1.82) is 0 Å². The lowest BCUT2D eigenvalue weighted by Crippen LogP contribution is -2.27. The van der Waals surface area contributed by atoms with Crippen LogP contribution in [-0.2, 0) is 9.59 Å². The Labute approximate surface area is 165 Å². The smallest absolute Gasteiger partial charge is 0.154 e. The van der Waals surface area contributed by atoms with Crippen LogP contribution < -0.4 is 0 Å². The molecule has 1 unspecified atom stereocenters. The third-order valence-electron chi connectivity index (χ3n) is 6.45. The Bertz CT molecular complexity index is 874. The Morgan fingerprint density at radius 1 is 0.889 bits per heavy atom. The first-order valence-electron chi connectivity index (χ1n) is 9.94. The highest BCUT2D eigenvalue weighted by Gasteiger charge is 2.52. The molecule has 27 heavy (non-hydrogen) atoms. The molecule has 2 aromatic rings. The number of ketones is 2. The van der Waals surface area contributed by atoms with Gasteiger partial charge in [-0.05, 0) is 60.2 Å². The van der Waals surface area contributed by atoms with Crippen molar-refractivity contribution >= 4 is 23.2 Å². The van der Waals surface area contributed by atoms with Gasteiger partial charge in [0, 0.05) is 16.9 Å². The molecule has 0 bridgehead atoms. The van der Waals surface area contributed by atoms with Crippen LogP contribution in [0.4, 0.5) is 0 Å². The van der Waals surface area contributed by atoms with Crippen LogP contribution >= 0.6 is 11.6 Å². The van der Waals surface area contributed by atoms with Crippen molar-refractivity contribution in [3.8, 4) is 11.1 Å². The van der Waals surface area contributed by atoms with E-state index in [-0.39, 0.29) is 11.6 Å². The number of carbonyl (C=O) groups excluding carboxylic acids is 2. The molecule has 3 heteroatoms. The van der Waals surface area contributed by atoms with Gasteiger partial charge in [0.1, 0.15) is 11.7 Å². The molecule has 2 saturated carbocycles. The second-order valence-corrected chi connectivity index (χ2v) is 8.65. The Morgan fingerprint density at radius 2 is 1.52 bits per heavy atom. The van der Waals surface area contributed by atoms with E-state index in [0.29, 0.717) is 11.4 Å². The monoisotopic (exact) mass is 380 g/mol. The molecule has 2 aliphatic carbocycles. The van der Waals surface area contributed by atoms with E-state index in [1.54, 1.807) is 0 Å². The molecule has 2 aliphatic rings. The van der Waals surface area contributed by atoms with Crippen LogP contribution in [0.15, 0.2) is 42.5 Å². The van der Waals surface area contributed by atoms with Crippen molar-refractivity contribution in [2.75, 3.05) is 0 Å². The summed E-state index contributed by atoms with van der Waals surface area (Å²) in [6, 6.07) is 13.8. The fourth-order valence-corrected chi connectivity index (χ4v) is 5.02. The van der Waals surface area contributed by atoms with Crippen LogP contribution in [-0.4, -0.2) is 11.6 Å². The van der Waals surface area contributed by atoms with Crippen molar-refractivity contribution in [3.05, 3.63) is 58.6 Å². The van der Waals surface area contributed by atoms with Gasteiger partial charge in [0.05, 0.1) is 0 Å². The maximum Gasteiger partial charge on any atom is 0.154 e. The third-order valence-corrected chi connectivity index (χ3v) is 6.70. The van der Waals surface area contributed by atoms with E-state index in [1.807, 2.05) is 49.4 Å². The summed E-state index contributed by atoms with van der Waals surface area (Å²) in [6.07, 6.45) is 6.68. The zero-order valence-electron chi connectivity index (χ0n) is 15.8. The third kappa shape index (κ3) is 3.36. The van der Waals surface area contributed by atoms with Crippen LogP contribution in [0.1, 0.15) is 62.0 Å². The van der Waals surface area contributed by atoms with Crippen LogP contribution in [0.25, 0.3) is 11.1 Å². The van der Waals surface area contributed by atoms with Crippen molar-refractivity contribution < 1.29 is 9.59 Å². The van der Waals surface area contributed by atoms with E-state index in [1.165, 1.54) is 12.8 Å². The molecule has 2 aromatic carbocycles. The van der Waals surface area contributed by atoms with E-state index in [2.05, 4.69) is 0 Å². The number of aryl methyl sites for hydroxylation is 1. The van der Waals surface area contributed by atoms with Gasteiger partial charge in [-0.1, -0.05) is 61.5 Å². The number of hydrogen-bond donors (Lipinski definition) is 0. The second kappa shape index (κ2) is 7.24. The van der Waals surface area contributed by atoms with Crippen molar-refractivity contribution in [2.45, 2.75) is 57.8 Å². The van der Waals surface area contributed by atoms with Gasteiger partial charge >= 0.3 is 0 Å². The van der Waals surface area contributed by atoms with Gasteiger partial charge < -0.3 is 0 Å². The summed E-state index contributed by atoms with van der Waals surface area (Å²) >= 11 is 6.00. The minimum absolute atomic E-state index is 0.109. The fraction of sp³-hybridized carbons (Fsp3) is 0.417. The summed E-state index contributed by atoms with van der Waals surface area (Å²) < 4.78 is 0. The van der Waals surface area contributed by atoms with E-state index in [9.17, 15) is 9.59 Å².